The molecule has 6 heteroatoms. The Bertz CT molecular complexity index is 687. The Labute approximate surface area is 133 Å². The standard InChI is InChI=1S/C15H15Cl2N3O/c1-9-11(16)5-4-6-12(9)18-15(21)10-7-13(17)19-14(8-10)20(2)3/h4-8H,1-3H3,(H,18,21). The maximum absolute atomic E-state index is 12.3. The summed E-state index contributed by atoms with van der Waals surface area (Å²) in [6.07, 6.45) is 0. The summed E-state index contributed by atoms with van der Waals surface area (Å²) in [5, 5.41) is 3.71. The number of halogens is 2. The van der Waals surface area contributed by atoms with Crippen LogP contribution in [0.15, 0.2) is 30.3 Å². The van der Waals surface area contributed by atoms with Gasteiger partial charge in [0.15, 0.2) is 0 Å². The molecular weight excluding hydrogens is 309 g/mol. The number of pyridine rings is 1. The number of hydrogen-bond acceptors (Lipinski definition) is 3. The third-order valence-corrected chi connectivity index (χ3v) is 3.62. The fourth-order valence-corrected chi connectivity index (χ4v) is 2.16. The van der Waals surface area contributed by atoms with Crippen LogP contribution in [0.5, 0.6) is 0 Å². The summed E-state index contributed by atoms with van der Waals surface area (Å²) in [6, 6.07) is 8.58. The monoisotopic (exact) mass is 323 g/mol. The van der Waals surface area contributed by atoms with E-state index in [0.29, 0.717) is 22.1 Å². The van der Waals surface area contributed by atoms with Crippen LogP contribution in [-0.2, 0) is 0 Å². The highest BCUT2D eigenvalue weighted by molar-refractivity contribution is 6.32. The van der Waals surface area contributed by atoms with E-state index in [1.807, 2.05) is 21.0 Å². The minimum Gasteiger partial charge on any atom is -0.363 e. The first-order chi connectivity index (χ1) is 9.88. The Kier molecular flexibility index (Phi) is 4.70. The summed E-state index contributed by atoms with van der Waals surface area (Å²) in [5.74, 6) is 0.364. The van der Waals surface area contributed by atoms with Crippen LogP contribution in [-0.4, -0.2) is 25.0 Å². The topological polar surface area (TPSA) is 45.2 Å². The molecule has 0 saturated carbocycles. The Balaban J connectivity index is 2.30. The van der Waals surface area contributed by atoms with Crippen molar-refractivity contribution in [1.82, 2.24) is 4.98 Å². The number of benzene rings is 1. The first-order valence-electron chi connectivity index (χ1n) is 6.30. The number of nitrogens with one attached hydrogen (secondary N) is 1. The SMILES string of the molecule is Cc1c(Cl)cccc1NC(=O)c1cc(Cl)nc(N(C)C)c1. The van der Waals surface area contributed by atoms with Crippen molar-refractivity contribution in [1.29, 1.82) is 0 Å². The van der Waals surface area contributed by atoms with Crippen LogP contribution in [0.2, 0.25) is 10.2 Å². The predicted octanol–water partition coefficient (Wildman–Crippen LogP) is 4.02. The van der Waals surface area contributed by atoms with Gasteiger partial charge >= 0.3 is 0 Å². The van der Waals surface area contributed by atoms with Crippen molar-refractivity contribution in [2.45, 2.75) is 6.92 Å². The van der Waals surface area contributed by atoms with E-state index in [1.54, 1.807) is 29.2 Å². The van der Waals surface area contributed by atoms with Crippen LogP contribution >= 0.6 is 23.2 Å². The van der Waals surface area contributed by atoms with Gasteiger partial charge in [-0.05, 0) is 36.8 Å². The molecule has 0 aliphatic carbocycles. The Morgan fingerprint density at radius 2 is 1.95 bits per heavy atom. The smallest absolute Gasteiger partial charge is 0.255 e. The van der Waals surface area contributed by atoms with E-state index in [1.165, 1.54) is 6.07 Å². The van der Waals surface area contributed by atoms with Crippen molar-refractivity contribution in [3.8, 4) is 0 Å². The van der Waals surface area contributed by atoms with Gasteiger partial charge in [0.1, 0.15) is 11.0 Å². The van der Waals surface area contributed by atoms with E-state index in [2.05, 4.69) is 10.3 Å². The predicted molar refractivity (Wildman–Crippen MR) is 87.7 cm³/mol. The molecule has 2 rings (SSSR count). The lowest BCUT2D eigenvalue weighted by atomic mass is 10.2. The summed E-state index contributed by atoms with van der Waals surface area (Å²) in [7, 11) is 3.67. The number of amides is 1. The van der Waals surface area contributed by atoms with Crippen molar-refractivity contribution < 1.29 is 4.79 Å². The minimum atomic E-state index is -0.257. The molecule has 0 fully saturated rings. The lowest BCUT2D eigenvalue weighted by Crippen LogP contribution is -2.16. The highest BCUT2D eigenvalue weighted by Gasteiger charge is 2.12. The van der Waals surface area contributed by atoms with Gasteiger partial charge in [-0.3, -0.25) is 4.79 Å². The molecule has 0 spiro atoms. The molecule has 4 nitrogen and oxygen atoms in total. The van der Waals surface area contributed by atoms with Crippen molar-refractivity contribution in [3.05, 3.63) is 51.6 Å². The zero-order chi connectivity index (χ0) is 15.6. The lowest BCUT2D eigenvalue weighted by Gasteiger charge is -2.14. The van der Waals surface area contributed by atoms with E-state index in [4.69, 9.17) is 23.2 Å². The molecule has 0 aliphatic rings. The van der Waals surface area contributed by atoms with Crippen molar-refractivity contribution >= 4 is 40.6 Å². The number of aromatic nitrogens is 1. The highest BCUT2D eigenvalue weighted by Crippen LogP contribution is 2.24. The van der Waals surface area contributed by atoms with Crippen molar-refractivity contribution in [3.63, 3.8) is 0 Å². The number of carbonyl (C=O) groups is 1. The maximum Gasteiger partial charge on any atom is 0.255 e. The average Bonchev–Trinajstić information content (AvgIpc) is 2.43. The maximum atomic E-state index is 12.3. The quantitative estimate of drug-likeness (QED) is 0.868. The van der Waals surface area contributed by atoms with E-state index in [0.717, 1.165) is 5.56 Å². The molecule has 1 N–H and O–H groups in total. The second kappa shape index (κ2) is 6.33. The van der Waals surface area contributed by atoms with E-state index < -0.39 is 0 Å². The first-order valence-corrected chi connectivity index (χ1v) is 7.05. The van der Waals surface area contributed by atoms with Crippen LogP contribution in [0.4, 0.5) is 11.5 Å². The molecule has 0 unspecified atom stereocenters. The third kappa shape index (κ3) is 3.65. The van der Waals surface area contributed by atoms with Gasteiger partial charge in [0.2, 0.25) is 0 Å². The number of carbonyl (C=O) groups excluding carboxylic acids is 1. The van der Waals surface area contributed by atoms with Gasteiger partial charge in [0.25, 0.3) is 5.91 Å². The van der Waals surface area contributed by atoms with Crippen molar-refractivity contribution in [2.75, 3.05) is 24.3 Å². The number of rotatable bonds is 3. The normalized spacial score (nSPS) is 10.3. The number of nitrogens with zero attached hydrogens (tertiary/aromatic N) is 2. The van der Waals surface area contributed by atoms with Crippen LogP contribution < -0.4 is 10.2 Å². The van der Waals surface area contributed by atoms with Crippen LogP contribution in [0.3, 0.4) is 0 Å². The molecule has 21 heavy (non-hydrogen) atoms. The second-order valence-electron chi connectivity index (χ2n) is 4.80. The summed E-state index contributed by atoms with van der Waals surface area (Å²) < 4.78 is 0. The van der Waals surface area contributed by atoms with Crippen LogP contribution in [0.25, 0.3) is 0 Å². The van der Waals surface area contributed by atoms with Gasteiger partial charge < -0.3 is 10.2 Å². The summed E-state index contributed by atoms with van der Waals surface area (Å²) >= 11 is 12.0. The summed E-state index contributed by atoms with van der Waals surface area (Å²) in [6.45, 7) is 1.85. The lowest BCUT2D eigenvalue weighted by molar-refractivity contribution is 0.102. The van der Waals surface area contributed by atoms with Crippen LogP contribution in [0, 0.1) is 6.92 Å². The molecule has 2 aromatic rings. The molecule has 0 aliphatic heterocycles. The van der Waals surface area contributed by atoms with Crippen LogP contribution in [0.1, 0.15) is 15.9 Å². The largest absolute Gasteiger partial charge is 0.363 e. The van der Waals surface area contributed by atoms with Crippen molar-refractivity contribution in [2.24, 2.45) is 0 Å². The third-order valence-electron chi connectivity index (χ3n) is 3.02. The number of hydrogen-bond donors (Lipinski definition) is 1. The summed E-state index contributed by atoms with van der Waals surface area (Å²) in [4.78, 5) is 18.3. The van der Waals surface area contributed by atoms with Gasteiger partial charge in [-0.25, -0.2) is 4.98 Å². The summed E-state index contributed by atoms with van der Waals surface area (Å²) in [5.41, 5.74) is 1.94. The Morgan fingerprint density at radius 3 is 2.62 bits per heavy atom. The second-order valence-corrected chi connectivity index (χ2v) is 5.59. The minimum absolute atomic E-state index is 0.257. The van der Waals surface area contributed by atoms with Gasteiger partial charge in [-0.1, -0.05) is 29.3 Å². The van der Waals surface area contributed by atoms with Gasteiger partial charge in [-0.2, -0.15) is 0 Å². The Hall–Kier alpha value is -1.78. The number of anilines is 2. The molecule has 1 aromatic heterocycles. The Morgan fingerprint density at radius 1 is 1.24 bits per heavy atom. The fraction of sp³-hybridized carbons (Fsp3) is 0.200. The molecular formula is C15H15Cl2N3O. The zero-order valence-corrected chi connectivity index (χ0v) is 13.5. The molecule has 1 amide bonds. The van der Waals surface area contributed by atoms with Gasteiger partial charge in [0, 0.05) is 30.4 Å². The molecule has 1 heterocycles. The molecule has 1 aromatic carbocycles. The van der Waals surface area contributed by atoms with E-state index in [9.17, 15) is 4.79 Å². The molecule has 0 atom stereocenters. The molecule has 0 saturated heterocycles. The highest BCUT2D eigenvalue weighted by atomic mass is 35.5. The molecule has 0 radical (unpaired) electrons. The first kappa shape index (κ1) is 15.6. The van der Waals surface area contributed by atoms with E-state index in [-0.39, 0.29) is 11.1 Å². The molecule has 0 bridgehead atoms. The average molecular weight is 324 g/mol. The zero-order valence-electron chi connectivity index (χ0n) is 11.9. The van der Waals surface area contributed by atoms with Gasteiger partial charge in [-0.15, -0.1) is 0 Å². The van der Waals surface area contributed by atoms with E-state index >= 15 is 0 Å². The van der Waals surface area contributed by atoms with Gasteiger partial charge in [0.05, 0.1) is 0 Å². The fourth-order valence-electron chi connectivity index (χ4n) is 1.78. The molecule has 110 valence electrons.